The molecule has 1 saturated heterocycles. The molecule has 0 aromatic carbocycles. The van der Waals surface area contributed by atoms with Gasteiger partial charge in [0.2, 0.25) is 0 Å². The Morgan fingerprint density at radius 3 is 1.03 bits per heavy atom. The van der Waals surface area contributed by atoms with Crippen molar-refractivity contribution >= 4 is 0 Å². The standard InChI is InChI=1S/C10F21NO/c11-1(12,3(15,16)7(23,24)25)2(13,14)6(21,22)10(31)32(33-10)9(29,30)5(19,20)4(17,18)8(26,27)28. The number of hydrogen-bond donors (Lipinski definition) is 0. The van der Waals surface area contributed by atoms with Crippen LogP contribution in [0.1, 0.15) is 0 Å². The van der Waals surface area contributed by atoms with E-state index < -0.39 is 65.0 Å². The Bertz CT molecular complexity index is 762. The largest absolute Gasteiger partial charge is 0.460 e. The van der Waals surface area contributed by atoms with Crippen molar-refractivity contribution in [3.63, 3.8) is 0 Å². The minimum absolute atomic E-state index is 2.05. The average Bonchev–Trinajstić information content (AvgIpc) is 3.26. The van der Waals surface area contributed by atoms with Crippen LogP contribution in [-0.4, -0.2) is 65.0 Å². The third-order valence-corrected chi connectivity index (χ3v) is 3.75. The maximum Gasteiger partial charge on any atom is 0.460 e. The molecule has 0 aromatic rings. The fourth-order valence-electron chi connectivity index (χ4n) is 1.78. The van der Waals surface area contributed by atoms with E-state index in [1.807, 2.05) is 0 Å². The molecule has 0 radical (unpaired) electrons. The molecule has 1 rings (SSSR count). The highest BCUT2D eigenvalue weighted by atomic mass is 19.4. The van der Waals surface area contributed by atoms with Crippen LogP contribution in [0.3, 0.4) is 0 Å². The summed E-state index contributed by atoms with van der Waals surface area (Å²) >= 11 is 0. The van der Waals surface area contributed by atoms with E-state index in [2.05, 4.69) is 4.84 Å². The number of alkyl halides is 21. The Morgan fingerprint density at radius 1 is 0.424 bits per heavy atom. The first-order chi connectivity index (χ1) is 13.8. The van der Waals surface area contributed by atoms with Crippen molar-refractivity contribution in [2.45, 2.75) is 59.9 Å². The Balaban J connectivity index is 3.55. The molecular weight excluding hydrogens is 549 g/mol. The summed E-state index contributed by atoms with van der Waals surface area (Å²) in [6.45, 7) is 0. The third-order valence-electron chi connectivity index (χ3n) is 3.75. The molecule has 0 amide bonds. The zero-order valence-electron chi connectivity index (χ0n) is 13.8. The van der Waals surface area contributed by atoms with E-state index in [9.17, 15) is 92.2 Å². The van der Waals surface area contributed by atoms with Gasteiger partial charge in [-0.15, -0.1) is 0 Å². The van der Waals surface area contributed by atoms with E-state index >= 15 is 0 Å². The van der Waals surface area contributed by atoms with E-state index in [4.69, 9.17) is 0 Å². The van der Waals surface area contributed by atoms with Crippen molar-refractivity contribution < 1.29 is 97.0 Å². The van der Waals surface area contributed by atoms with E-state index in [0.717, 1.165) is 0 Å². The maximum absolute atomic E-state index is 13.6. The molecule has 33 heavy (non-hydrogen) atoms. The smallest absolute Gasteiger partial charge is 0.225 e. The van der Waals surface area contributed by atoms with Crippen LogP contribution in [0.25, 0.3) is 0 Å². The molecule has 0 bridgehead atoms. The van der Waals surface area contributed by atoms with Gasteiger partial charge >= 0.3 is 59.9 Å². The molecule has 0 spiro atoms. The van der Waals surface area contributed by atoms with Gasteiger partial charge in [-0.3, -0.25) is 0 Å². The van der Waals surface area contributed by atoms with Gasteiger partial charge in [0.05, 0.1) is 0 Å². The Hall–Kier alpha value is -1.55. The van der Waals surface area contributed by atoms with Gasteiger partial charge in [0, 0.05) is 0 Å². The van der Waals surface area contributed by atoms with E-state index in [-0.39, 0.29) is 0 Å². The number of nitrogens with zero attached hydrogens (tertiary/aromatic N) is 1. The van der Waals surface area contributed by atoms with Crippen LogP contribution in [0.4, 0.5) is 92.2 Å². The predicted octanol–water partition coefficient (Wildman–Crippen LogP) is 6.39. The van der Waals surface area contributed by atoms with Gasteiger partial charge in [0.15, 0.2) is 0 Å². The molecule has 23 heteroatoms. The van der Waals surface area contributed by atoms with E-state index in [0.29, 0.717) is 0 Å². The molecule has 198 valence electrons. The van der Waals surface area contributed by atoms with Crippen LogP contribution in [0, 0.1) is 0 Å². The van der Waals surface area contributed by atoms with Crippen LogP contribution >= 0.6 is 0 Å². The van der Waals surface area contributed by atoms with Gasteiger partial charge in [-0.2, -0.15) is 92.2 Å². The van der Waals surface area contributed by atoms with Crippen LogP contribution in [0.15, 0.2) is 0 Å². The Kier molecular flexibility index (Phi) is 6.05. The Labute approximate surface area is 163 Å². The molecule has 1 aliphatic heterocycles. The summed E-state index contributed by atoms with van der Waals surface area (Å²) < 4.78 is 267. The number of hydrogen-bond acceptors (Lipinski definition) is 2. The molecule has 0 N–H and O–H groups in total. The van der Waals surface area contributed by atoms with Crippen LogP contribution in [0.2, 0.25) is 0 Å². The first kappa shape index (κ1) is 29.5. The third kappa shape index (κ3) is 3.38. The minimum atomic E-state index is -8.50. The fourth-order valence-corrected chi connectivity index (χ4v) is 1.78. The van der Waals surface area contributed by atoms with Crippen molar-refractivity contribution in [2.75, 3.05) is 0 Å². The molecular formula is C10F21NO. The van der Waals surface area contributed by atoms with Crippen LogP contribution in [0.5, 0.6) is 0 Å². The number of rotatable bonds is 7. The van der Waals surface area contributed by atoms with Crippen molar-refractivity contribution in [2.24, 2.45) is 0 Å². The number of hydroxylamine groups is 2. The van der Waals surface area contributed by atoms with Gasteiger partial charge in [0.1, 0.15) is 0 Å². The second kappa shape index (κ2) is 6.77. The lowest BCUT2D eigenvalue weighted by atomic mass is 9.96. The molecule has 0 aromatic heterocycles. The first-order valence-corrected chi connectivity index (χ1v) is 6.80. The molecule has 2 atom stereocenters. The second-order valence-corrected chi connectivity index (χ2v) is 5.93. The van der Waals surface area contributed by atoms with Crippen LogP contribution in [-0.2, 0) is 4.84 Å². The van der Waals surface area contributed by atoms with Gasteiger partial charge in [-0.1, -0.05) is 0 Å². The molecule has 0 saturated carbocycles. The summed E-state index contributed by atoms with van der Waals surface area (Å²) in [6, 6.07) is -7.79. The average molecular weight is 549 g/mol. The lowest BCUT2D eigenvalue weighted by Gasteiger charge is -2.37. The highest BCUT2D eigenvalue weighted by Gasteiger charge is 2.99. The Morgan fingerprint density at radius 2 is 0.727 bits per heavy atom. The number of halogens is 21. The van der Waals surface area contributed by atoms with Crippen molar-refractivity contribution in [1.29, 1.82) is 0 Å². The molecule has 0 aliphatic carbocycles. The fraction of sp³-hybridized carbons (Fsp3) is 1.00. The summed E-state index contributed by atoms with van der Waals surface area (Å²) in [5.41, 5.74) is 0. The quantitative estimate of drug-likeness (QED) is 0.208. The van der Waals surface area contributed by atoms with Crippen LogP contribution < -0.4 is 0 Å². The molecule has 1 aliphatic rings. The second-order valence-electron chi connectivity index (χ2n) is 5.93. The monoisotopic (exact) mass is 549 g/mol. The summed E-state index contributed by atoms with van der Waals surface area (Å²) in [6.07, 6.45) is -15.5. The lowest BCUT2D eigenvalue weighted by Crippen LogP contribution is -2.70. The highest BCUT2D eigenvalue weighted by Crippen LogP contribution is 2.67. The lowest BCUT2D eigenvalue weighted by molar-refractivity contribution is -0.437. The molecule has 2 unspecified atom stereocenters. The molecule has 1 heterocycles. The van der Waals surface area contributed by atoms with Gasteiger partial charge < -0.3 is 0 Å². The van der Waals surface area contributed by atoms with Gasteiger partial charge in [0.25, 0.3) is 0 Å². The van der Waals surface area contributed by atoms with Crippen molar-refractivity contribution in [3.8, 4) is 0 Å². The maximum atomic E-state index is 13.6. The SMILES string of the molecule is FC(F)(F)C(F)(F)C(F)(F)C(F)(F)N1OC1(F)C(F)(F)C(F)(F)C(F)(F)C(F)(F)C(F)(F)F. The molecule has 2 nitrogen and oxygen atoms in total. The van der Waals surface area contributed by atoms with Gasteiger partial charge in [-0.25, -0.2) is 4.84 Å². The summed E-state index contributed by atoms with van der Waals surface area (Å²) in [5, 5.41) is -3.46. The zero-order valence-corrected chi connectivity index (χ0v) is 13.8. The van der Waals surface area contributed by atoms with Crippen molar-refractivity contribution in [3.05, 3.63) is 0 Å². The van der Waals surface area contributed by atoms with E-state index in [1.54, 1.807) is 0 Å². The topological polar surface area (TPSA) is 15.5 Å². The summed E-state index contributed by atoms with van der Waals surface area (Å²) in [5.74, 6) is -56.5. The normalized spacial score (nSPS) is 24.8. The van der Waals surface area contributed by atoms with Crippen molar-refractivity contribution in [1.82, 2.24) is 5.06 Å². The molecule has 1 fully saturated rings. The van der Waals surface area contributed by atoms with E-state index in [1.165, 1.54) is 0 Å². The zero-order chi connectivity index (χ0) is 27.3. The highest BCUT2D eigenvalue weighted by molar-refractivity contribution is 5.14. The van der Waals surface area contributed by atoms with Gasteiger partial charge in [-0.05, 0) is 5.06 Å². The minimum Gasteiger partial charge on any atom is -0.225 e. The summed E-state index contributed by atoms with van der Waals surface area (Å²) in [7, 11) is 0. The summed E-state index contributed by atoms with van der Waals surface area (Å²) in [4.78, 5) is 2.05. The predicted molar refractivity (Wildman–Crippen MR) is 53.5 cm³/mol. The first-order valence-electron chi connectivity index (χ1n) is 6.80.